The van der Waals surface area contributed by atoms with Crippen LogP contribution in [0.25, 0.3) is 10.9 Å². The second kappa shape index (κ2) is 7.62. The predicted molar refractivity (Wildman–Crippen MR) is 104 cm³/mol. The average Bonchev–Trinajstić information content (AvgIpc) is 3.05. The van der Waals surface area contributed by atoms with E-state index in [4.69, 9.17) is 4.74 Å². The van der Waals surface area contributed by atoms with E-state index >= 15 is 0 Å². The zero-order valence-electron chi connectivity index (χ0n) is 16.3. The number of methoxy groups -OCH3 is 1. The summed E-state index contributed by atoms with van der Waals surface area (Å²) in [7, 11) is -4.77. The van der Waals surface area contributed by atoms with Gasteiger partial charge in [0.05, 0.1) is 19.2 Å². The maximum atomic E-state index is 13.2. The molecule has 2 aromatic carbocycles. The van der Waals surface area contributed by atoms with E-state index in [1.165, 1.54) is 54.6 Å². The van der Waals surface area contributed by atoms with Crippen LogP contribution in [0.15, 0.2) is 42.6 Å². The number of amides is 1. The van der Waals surface area contributed by atoms with E-state index in [9.17, 15) is 30.8 Å². The van der Waals surface area contributed by atoms with Crippen LogP contribution in [-0.2, 0) is 23.2 Å². The number of ether oxygens (including phenoxy) is 1. The number of halogens is 4. The van der Waals surface area contributed by atoms with Gasteiger partial charge in [0, 0.05) is 23.7 Å². The molecular weight excluding hydrogens is 456 g/mol. The molecule has 1 aliphatic rings. The van der Waals surface area contributed by atoms with Gasteiger partial charge in [-0.2, -0.15) is 21.6 Å². The van der Waals surface area contributed by atoms with Gasteiger partial charge in [-0.15, -0.1) is 0 Å². The Labute approximate surface area is 179 Å². The molecule has 0 aliphatic carbocycles. The first-order valence-electron chi connectivity index (χ1n) is 9.05. The summed E-state index contributed by atoms with van der Waals surface area (Å²) in [6.45, 7) is -0.103. The van der Waals surface area contributed by atoms with E-state index in [0.29, 0.717) is 5.56 Å². The third-order valence-electron chi connectivity index (χ3n) is 4.89. The van der Waals surface area contributed by atoms with Crippen LogP contribution in [-0.4, -0.2) is 36.8 Å². The number of carbonyl (C=O) groups excluding carboxylic acids is 1. The maximum absolute atomic E-state index is 13.2. The first kappa shape index (κ1) is 21.8. The van der Waals surface area contributed by atoms with E-state index < -0.39 is 33.1 Å². The van der Waals surface area contributed by atoms with Crippen LogP contribution >= 0.6 is 0 Å². The van der Waals surface area contributed by atoms with E-state index in [0.717, 1.165) is 0 Å². The Morgan fingerprint density at radius 1 is 1.12 bits per heavy atom. The number of rotatable bonds is 5. The molecule has 1 amide bonds. The van der Waals surface area contributed by atoms with Crippen molar-refractivity contribution >= 4 is 26.9 Å². The summed E-state index contributed by atoms with van der Waals surface area (Å²) in [4.78, 5) is 18.3. The normalized spacial score (nSPS) is 14.0. The molecule has 0 fully saturated rings. The molecule has 4 rings (SSSR count). The van der Waals surface area contributed by atoms with Gasteiger partial charge < -0.3 is 13.8 Å². The molecular formula is C20H14F4N2O5S. The smallest absolute Gasteiger partial charge is 0.496 e. The molecule has 3 aromatic rings. The number of alkyl halides is 3. The first-order chi connectivity index (χ1) is 15.0. The minimum Gasteiger partial charge on any atom is -0.496 e. The number of hydrogen-bond donors (Lipinski definition) is 0. The Kier molecular flexibility index (Phi) is 5.19. The van der Waals surface area contributed by atoms with Crippen LogP contribution in [0, 0.1) is 5.82 Å². The van der Waals surface area contributed by atoms with Gasteiger partial charge in [-0.3, -0.25) is 9.78 Å². The highest BCUT2D eigenvalue weighted by Gasteiger charge is 2.50. The van der Waals surface area contributed by atoms with Gasteiger partial charge in [0.1, 0.15) is 17.1 Å². The molecule has 0 bridgehead atoms. The van der Waals surface area contributed by atoms with Crippen molar-refractivity contribution in [2.75, 3.05) is 7.11 Å². The number of fused-ring (bicyclic) bond motifs is 2. The minimum absolute atomic E-state index is 0.00776. The van der Waals surface area contributed by atoms with Crippen molar-refractivity contribution in [1.29, 1.82) is 0 Å². The molecule has 0 N–H and O–H groups in total. The van der Waals surface area contributed by atoms with Crippen LogP contribution in [0.1, 0.15) is 21.5 Å². The maximum Gasteiger partial charge on any atom is 0.534 e. The topological polar surface area (TPSA) is 85.8 Å². The van der Waals surface area contributed by atoms with Gasteiger partial charge in [-0.25, -0.2) is 4.39 Å². The van der Waals surface area contributed by atoms with Gasteiger partial charge >= 0.3 is 15.6 Å². The van der Waals surface area contributed by atoms with Crippen molar-refractivity contribution in [3.8, 4) is 11.5 Å². The quantitative estimate of drug-likeness (QED) is 0.321. The van der Waals surface area contributed by atoms with Crippen LogP contribution in [0.2, 0.25) is 0 Å². The summed E-state index contributed by atoms with van der Waals surface area (Å²) >= 11 is 0. The zero-order chi connectivity index (χ0) is 23.3. The van der Waals surface area contributed by atoms with E-state index in [-0.39, 0.29) is 40.9 Å². The molecule has 1 aromatic heterocycles. The summed E-state index contributed by atoms with van der Waals surface area (Å²) in [5.41, 5.74) is -5.65. The Morgan fingerprint density at radius 2 is 1.81 bits per heavy atom. The Hall–Kier alpha value is -3.41. The standard InChI is InChI=1S/C20H14F4N2O5S/c1-30-17-13-3-2-8-25-16(13)18(31-32(28,29)20(22,23)24)15-14(17)10-26(19(15)27)9-11-4-6-12(21)7-5-11/h2-8H,9-10H2,1H3. The van der Waals surface area contributed by atoms with Crippen molar-refractivity contribution in [3.63, 3.8) is 0 Å². The van der Waals surface area contributed by atoms with E-state index in [2.05, 4.69) is 9.17 Å². The van der Waals surface area contributed by atoms with Crippen molar-refractivity contribution in [2.45, 2.75) is 18.6 Å². The summed E-state index contributed by atoms with van der Waals surface area (Å²) in [5.74, 6) is -1.91. The predicted octanol–water partition coefficient (Wildman–Crippen LogP) is 3.77. The van der Waals surface area contributed by atoms with Crippen molar-refractivity contribution in [2.24, 2.45) is 0 Å². The van der Waals surface area contributed by atoms with Crippen molar-refractivity contribution < 1.29 is 39.7 Å². The minimum atomic E-state index is -6.08. The van der Waals surface area contributed by atoms with Crippen molar-refractivity contribution in [3.05, 3.63) is 65.1 Å². The third kappa shape index (κ3) is 3.60. The molecule has 0 saturated carbocycles. The summed E-state index contributed by atoms with van der Waals surface area (Å²) < 4.78 is 85.6. The van der Waals surface area contributed by atoms with E-state index in [1.54, 1.807) is 0 Å². The molecule has 12 heteroatoms. The molecule has 7 nitrogen and oxygen atoms in total. The first-order valence-corrected chi connectivity index (χ1v) is 10.5. The third-order valence-corrected chi connectivity index (χ3v) is 5.84. The highest BCUT2D eigenvalue weighted by atomic mass is 32.2. The molecule has 1 aliphatic heterocycles. The summed E-state index contributed by atoms with van der Waals surface area (Å²) in [5, 5.41) is 0.178. The highest BCUT2D eigenvalue weighted by molar-refractivity contribution is 7.88. The molecule has 32 heavy (non-hydrogen) atoms. The zero-order valence-corrected chi connectivity index (χ0v) is 17.1. The van der Waals surface area contributed by atoms with Gasteiger partial charge in [-0.1, -0.05) is 12.1 Å². The monoisotopic (exact) mass is 470 g/mol. The summed E-state index contributed by atoms with van der Waals surface area (Å²) in [6.07, 6.45) is 1.22. The SMILES string of the molecule is COc1c2c(c(OS(=O)(=O)C(F)(F)F)c3ncccc13)C(=O)N(Cc1ccc(F)cc1)C2. The number of carbonyl (C=O) groups is 1. The van der Waals surface area contributed by atoms with Crippen LogP contribution in [0.5, 0.6) is 11.5 Å². The fourth-order valence-electron chi connectivity index (χ4n) is 3.51. The molecule has 0 spiro atoms. The van der Waals surface area contributed by atoms with Gasteiger partial charge in [-0.05, 0) is 29.8 Å². The van der Waals surface area contributed by atoms with Gasteiger partial charge in [0.25, 0.3) is 5.91 Å². The van der Waals surface area contributed by atoms with E-state index in [1.807, 2.05) is 0 Å². The largest absolute Gasteiger partial charge is 0.534 e. The van der Waals surface area contributed by atoms with Crippen LogP contribution < -0.4 is 8.92 Å². The van der Waals surface area contributed by atoms with Gasteiger partial charge in [0.2, 0.25) is 0 Å². The lowest BCUT2D eigenvalue weighted by Gasteiger charge is -2.16. The lowest BCUT2D eigenvalue weighted by atomic mass is 10.0. The number of hydrogen-bond acceptors (Lipinski definition) is 6. The number of nitrogens with zero attached hydrogens (tertiary/aromatic N) is 2. The Morgan fingerprint density at radius 3 is 2.44 bits per heavy atom. The van der Waals surface area contributed by atoms with Crippen LogP contribution in [0.4, 0.5) is 17.6 Å². The van der Waals surface area contributed by atoms with Crippen molar-refractivity contribution in [1.82, 2.24) is 9.88 Å². The lowest BCUT2D eigenvalue weighted by molar-refractivity contribution is -0.0499. The fraction of sp³-hybridized carbons (Fsp3) is 0.200. The fourth-order valence-corrected chi connectivity index (χ4v) is 3.98. The number of aromatic nitrogens is 1. The Bertz CT molecular complexity index is 1320. The number of pyridine rings is 1. The van der Waals surface area contributed by atoms with Crippen LogP contribution in [0.3, 0.4) is 0 Å². The Balaban J connectivity index is 1.88. The number of benzene rings is 2. The molecule has 0 saturated heterocycles. The molecule has 168 valence electrons. The highest BCUT2D eigenvalue weighted by Crippen LogP contribution is 2.45. The van der Waals surface area contributed by atoms with Gasteiger partial charge in [0.15, 0.2) is 5.75 Å². The molecule has 0 radical (unpaired) electrons. The second-order valence-corrected chi connectivity index (χ2v) is 8.42. The second-order valence-electron chi connectivity index (χ2n) is 6.89. The molecule has 0 atom stereocenters. The average molecular weight is 470 g/mol. The molecule has 2 heterocycles. The lowest BCUT2D eigenvalue weighted by Crippen LogP contribution is -2.29. The summed E-state index contributed by atoms with van der Waals surface area (Å²) in [6, 6.07) is 8.24. The molecule has 0 unspecified atom stereocenters.